The van der Waals surface area contributed by atoms with Crippen molar-refractivity contribution in [3.8, 4) is 5.75 Å². The average Bonchev–Trinajstić information content (AvgIpc) is 3.08. The number of anilines is 2. The minimum absolute atomic E-state index is 0.0258. The van der Waals surface area contributed by atoms with Gasteiger partial charge in [0.15, 0.2) is 0 Å². The van der Waals surface area contributed by atoms with Crippen molar-refractivity contribution in [3.05, 3.63) is 40.8 Å². The molecular weight excluding hydrogens is 395 g/mol. The number of benzene rings is 1. The van der Waals surface area contributed by atoms with Gasteiger partial charge >= 0.3 is 5.97 Å². The molecule has 152 valence electrons. The molecule has 0 bridgehead atoms. The highest BCUT2D eigenvalue weighted by Crippen LogP contribution is 2.37. The molecule has 1 aliphatic rings. The maximum atomic E-state index is 13.9. The second kappa shape index (κ2) is 8.30. The summed E-state index contributed by atoms with van der Waals surface area (Å²) in [6, 6.07) is 4.38. The molecule has 0 spiro atoms. The van der Waals surface area contributed by atoms with Crippen molar-refractivity contribution in [2.45, 2.75) is 25.9 Å². The molecule has 0 radical (unpaired) electrons. The number of aryl methyl sites for hydroxylation is 1. The number of thiophene rings is 1. The predicted molar refractivity (Wildman–Crippen MR) is 110 cm³/mol. The number of ether oxygens (including phenoxy) is 2. The van der Waals surface area contributed by atoms with Gasteiger partial charge in [-0.3, -0.25) is 0 Å². The highest BCUT2D eigenvalue weighted by molar-refractivity contribution is 7.20. The number of hydrogen-bond acceptors (Lipinski definition) is 8. The van der Waals surface area contributed by atoms with Crippen molar-refractivity contribution in [1.29, 1.82) is 0 Å². The minimum atomic E-state index is -0.409. The van der Waals surface area contributed by atoms with Crippen molar-refractivity contribution >= 4 is 39.0 Å². The number of carbonyl (C=O) groups excluding carboxylic acids is 1. The van der Waals surface area contributed by atoms with Gasteiger partial charge in [-0.1, -0.05) is 0 Å². The Hall–Kier alpha value is -2.78. The van der Waals surface area contributed by atoms with Crippen molar-refractivity contribution < 1.29 is 18.7 Å². The molecule has 3 aromatic rings. The fourth-order valence-corrected chi connectivity index (χ4v) is 4.44. The molecule has 0 aliphatic carbocycles. The first-order valence-corrected chi connectivity index (χ1v) is 10.1. The first-order valence-electron chi connectivity index (χ1n) is 9.33. The number of rotatable bonds is 5. The van der Waals surface area contributed by atoms with Crippen LogP contribution in [0, 0.1) is 12.7 Å². The maximum Gasteiger partial charge on any atom is 0.348 e. The van der Waals surface area contributed by atoms with Crippen molar-refractivity contribution in [2.24, 2.45) is 0 Å². The third-order valence-electron chi connectivity index (χ3n) is 4.87. The number of nitrogens with zero attached hydrogens (tertiary/aromatic N) is 2. The van der Waals surface area contributed by atoms with E-state index >= 15 is 0 Å². The van der Waals surface area contributed by atoms with Crippen LogP contribution in [-0.2, 0) is 4.74 Å². The zero-order valence-corrected chi connectivity index (χ0v) is 16.9. The Bertz CT molecular complexity index is 1050. The van der Waals surface area contributed by atoms with Crippen LogP contribution in [0.25, 0.3) is 10.2 Å². The second-order valence-electron chi connectivity index (χ2n) is 6.78. The van der Waals surface area contributed by atoms with Crippen molar-refractivity contribution in [2.75, 3.05) is 25.5 Å². The molecule has 1 aromatic carbocycles. The van der Waals surface area contributed by atoms with Gasteiger partial charge in [0.25, 0.3) is 0 Å². The molecule has 2 N–H and O–H groups in total. The topological polar surface area (TPSA) is 85.4 Å². The van der Waals surface area contributed by atoms with E-state index in [1.54, 1.807) is 6.07 Å². The van der Waals surface area contributed by atoms with E-state index in [1.807, 2.05) is 6.92 Å². The van der Waals surface area contributed by atoms with Crippen molar-refractivity contribution in [1.82, 2.24) is 15.3 Å². The number of fused-ring (bicyclic) bond motifs is 1. The smallest absolute Gasteiger partial charge is 0.348 e. The van der Waals surface area contributed by atoms with Crippen LogP contribution in [0.3, 0.4) is 0 Å². The fraction of sp³-hybridized carbons (Fsp3) is 0.350. The largest absolute Gasteiger partial charge is 0.488 e. The number of esters is 1. The third-order valence-corrected chi connectivity index (χ3v) is 6.05. The highest BCUT2D eigenvalue weighted by Gasteiger charge is 2.21. The van der Waals surface area contributed by atoms with Gasteiger partial charge in [-0.2, -0.15) is 0 Å². The first-order chi connectivity index (χ1) is 14.1. The normalized spacial score (nSPS) is 14.7. The van der Waals surface area contributed by atoms with Gasteiger partial charge in [-0.15, -0.1) is 11.3 Å². The zero-order valence-electron chi connectivity index (χ0n) is 16.1. The molecule has 2 aromatic heterocycles. The minimum Gasteiger partial charge on any atom is -0.488 e. The van der Waals surface area contributed by atoms with E-state index in [2.05, 4.69) is 20.6 Å². The Kier molecular flexibility index (Phi) is 5.59. The predicted octanol–water partition coefficient (Wildman–Crippen LogP) is 3.80. The third kappa shape index (κ3) is 4.01. The van der Waals surface area contributed by atoms with Crippen LogP contribution in [0.15, 0.2) is 24.5 Å². The van der Waals surface area contributed by atoms with E-state index < -0.39 is 5.97 Å². The molecule has 4 rings (SSSR count). The van der Waals surface area contributed by atoms with Gasteiger partial charge in [0.2, 0.25) is 0 Å². The standard InChI is InChI=1S/C20H21FN4O3S/c1-11-16-18(23-10-24-19(16)29-17(11)20(26)27-2)25-14-4-3-12(21)9-15(14)28-13-5-7-22-8-6-13/h3-4,9-10,13,22H,5-8H2,1-2H3,(H,23,24,25). The fourth-order valence-electron chi connectivity index (χ4n) is 3.37. The Morgan fingerprint density at radius 1 is 1.31 bits per heavy atom. The molecule has 0 saturated carbocycles. The number of methoxy groups -OCH3 is 1. The highest BCUT2D eigenvalue weighted by atomic mass is 32.1. The van der Waals surface area contributed by atoms with Crippen LogP contribution in [0.2, 0.25) is 0 Å². The molecule has 1 fully saturated rings. The molecule has 3 heterocycles. The number of piperidine rings is 1. The molecular formula is C20H21FN4O3S. The quantitative estimate of drug-likeness (QED) is 0.612. The Balaban J connectivity index is 1.70. The summed E-state index contributed by atoms with van der Waals surface area (Å²) >= 11 is 1.25. The maximum absolute atomic E-state index is 13.9. The van der Waals surface area contributed by atoms with Gasteiger partial charge < -0.3 is 20.1 Å². The summed E-state index contributed by atoms with van der Waals surface area (Å²) in [6.45, 7) is 3.58. The monoisotopic (exact) mass is 416 g/mol. The molecule has 1 saturated heterocycles. The molecule has 1 aliphatic heterocycles. The summed E-state index contributed by atoms with van der Waals surface area (Å²) in [7, 11) is 1.35. The van der Waals surface area contributed by atoms with Crippen LogP contribution in [0.5, 0.6) is 5.75 Å². The summed E-state index contributed by atoms with van der Waals surface area (Å²) in [4.78, 5) is 21.8. The number of nitrogens with one attached hydrogen (secondary N) is 2. The molecule has 0 unspecified atom stereocenters. The Morgan fingerprint density at radius 3 is 2.86 bits per heavy atom. The second-order valence-corrected chi connectivity index (χ2v) is 7.78. The lowest BCUT2D eigenvalue weighted by Crippen LogP contribution is -2.34. The van der Waals surface area contributed by atoms with E-state index in [-0.39, 0.29) is 11.9 Å². The number of carbonyl (C=O) groups is 1. The lowest BCUT2D eigenvalue weighted by molar-refractivity contribution is 0.0605. The van der Waals surface area contributed by atoms with Crippen molar-refractivity contribution in [3.63, 3.8) is 0 Å². The van der Waals surface area contributed by atoms with E-state index in [4.69, 9.17) is 9.47 Å². The van der Waals surface area contributed by atoms with Gasteiger partial charge in [0.05, 0.1) is 18.2 Å². The Labute approximate surface area is 171 Å². The van der Waals surface area contributed by atoms with Crippen LogP contribution >= 0.6 is 11.3 Å². The van der Waals surface area contributed by atoms with E-state index in [9.17, 15) is 9.18 Å². The van der Waals surface area contributed by atoms with Gasteiger partial charge in [-0.25, -0.2) is 19.2 Å². The zero-order chi connectivity index (χ0) is 20.4. The number of aromatic nitrogens is 2. The van der Waals surface area contributed by atoms with Gasteiger partial charge in [0, 0.05) is 6.07 Å². The van der Waals surface area contributed by atoms with E-state index in [0.717, 1.165) is 36.9 Å². The number of halogens is 1. The molecule has 7 nitrogen and oxygen atoms in total. The van der Waals surface area contributed by atoms with Gasteiger partial charge in [0.1, 0.15) is 39.5 Å². The molecule has 9 heteroatoms. The van der Waals surface area contributed by atoms with E-state index in [1.165, 1.54) is 36.9 Å². The summed E-state index contributed by atoms with van der Waals surface area (Å²) < 4.78 is 24.8. The summed E-state index contributed by atoms with van der Waals surface area (Å²) in [5.74, 6) is 0.186. The van der Waals surface area contributed by atoms with Crippen LogP contribution < -0.4 is 15.4 Å². The van der Waals surface area contributed by atoms with Crippen LogP contribution in [0.4, 0.5) is 15.9 Å². The SMILES string of the molecule is COC(=O)c1sc2ncnc(Nc3ccc(F)cc3OC3CCNCC3)c2c1C. The first kappa shape index (κ1) is 19.5. The average molecular weight is 416 g/mol. The summed E-state index contributed by atoms with van der Waals surface area (Å²) in [5, 5.41) is 7.26. The number of hydrogen-bond donors (Lipinski definition) is 2. The van der Waals surface area contributed by atoms with Crippen LogP contribution in [0.1, 0.15) is 28.1 Å². The molecule has 0 amide bonds. The Morgan fingerprint density at radius 2 is 2.10 bits per heavy atom. The van der Waals surface area contributed by atoms with E-state index in [0.29, 0.717) is 27.0 Å². The summed E-state index contributed by atoms with van der Waals surface area (Å²) in [5.41, 5.74) is 1.35. The lowest BCUT2D eigenvalue weighted by Gasteiger charge is -2.25. The summed E-state index contributed by atoms with van der Waals surface area (Å²) in [6.07, 6.45) is 3.18. The molecule has 0 atom stereocenters. The lowest BCUT2D eigenvalue weighted by atomic mass is 10.1. The van der Waals surface area contributed by atoms with Gasteiger partial charge in [-0.05, 0) is 50.6 Å². The molecule has 29 heavy (non-hydrogen) atoms. The van der Waals surface area contributed by atoms with Crippen LogP contribution in [-0.4, -0.2) is 42.2 Å².